The highest BCUT2D eigenvalue weighted by Crippen LogP contribution is 2.32. The minimum atomic E-state index is -1.01. The average molecular weight is 327 g/mol. The molecule has 7 heteroatoms. The standard InChI is InChI=1S/C15H21NO5S/c1-10(15(18)19)16(2)14(17)7-8-22-11-5-6-12(20-3)13(9-11)21-4/h5-6,9-10H,7-8H2,1-4H3,(H,18,19). The maximum Gasteiger partial charge on any atom is 0.326 e. The first-order valence-corrected chi connectivity index (χ1v) is 7.72. The van der Waals surface area contributed by atoms with Gasteiger partial charge in [0.1, 0.15) is 6.04 Å². The van der Waals surface area contributed by atoms with Crippen molar-refractivity contribution in [1.29, 1.82) is 0 Å². The first kappa shape index (κ1) is 18.2. The summed E-state index contributed by atoms with van der Waals surface area (Å²) in [4.78, 5) is 25.0. The molecule has 1 aromatic rings. The Labute approximate surface area is 134 Å². The lowest BCUT2D eigenvalue weighted by Gasteiger charge is -2.21. The fourth-order valence-electron chi connectivity index (χ4n) is 1.72. The van der Waals surface area contributed by atoms with Gasteiger partial charge in [-0.2, -0.15) is 0 Å². The van der Waals surface area contributed by atoms with Crippen LogP contribution in [-0.4, -0.2) is 54.9 Å². The first-order valence-electron chi connectivity index (χ1n) is 6.74. The lowest BCUT2D eigenvalue weighted by atomic mass is 10.3. The topological polar surface area (TPSA) is 76.1 Å². The summed E-state index contributed by atoms with van der Waals surface area (Å²) in [6.45, 7) is 1.49. The van der Waals surface area contributed by atoms with Gasteiger partial charge in [0.2, 0.25) is 5.91 Å². The highest BCUT2D eigenvalue weighted by atomic mass is 32.2. The van der Waals surface area contributed by atoms with Crippen LogP contribution in [-0.2, 0) is 9.59 Å². The lowest BCUT2D eigenvalue weighted by Crippen LogP contribution is -2.40. The Hall–Kier alpha value is -1.89. The number of ether oxygens (including phenoxy) is 2. The Bertz CT molecular complexity index is 535. The molecule has 0 fully saturated rings. The third-order valence-corrected chi connectivity index (χ3v) is 4.27. The number of carbonyl (C=O) groups excluding carboxylic acids is 1. The van der Waals surface area contributed by atoms with E-state index in [9.17, 15) is 9.59 Å². The summed E-state index contributed by atoms with van der Waals surface area (Å²) in [6, 6.07) is 4.72. The molecule has 0 aliphatic rings. The molecule has 0 saturated heterocycles. The van der Waals surface area contributed by atoms with Gasteiger partial charge in [-0.3, -0.25) is 4.79 Å². The normalized spacial score (nSPS) is 11.6. The summed E-state index contributed by atoms with van der Waals surface area (Å²) < 4.78 is 10.4. The monoisotopic (exact) mass is 327 g/mol. The van der Waals surface area contributed by atoms with Gasteiger partial charge < -0.3 is 19.5 Å². The third-order valence-electron chi connectivity index (χ3n) is 3.27. The van der Waals surface area contributed by atoms with E-state index in [1.165, 1.54) is 30.6 Å². The molecule has 1 unspecified atom stereocenters. The number of hydrogen-bond donors (Lipinski definition) is 1. The summed E-state index contributed by atoms with van der Waals surface area (Å²) in [5, 5.41) is 8.89. The van der Waals surface area contributed by atoms with Crippen LogP contribution in [0.4, 0.5) is 0 Å². The van der Waals surface area contributed by atoms with E-state index in [1.807, 2.05) is 18.2 Å². The number of methoxy groups -OCH3 is 2. The number of thioether (sulfide) groups is 1. The van der Waals surface area contributed by atoms with Gasteiger partial charge in [-0.1, -0.05) is 0 Å². The number of hydrogen-bond acceptors (Lipinski definition) is 5. The number of carboxylic acid groups (broad SMARTS) is 1. The molecular formula is C15H21NO5S. The van der Waals surface area contributed by atoms with Crippen LogP contribution in [0, 0.1) is 0 Å². The Morgan fingerprint density at radius 2 is 1.91 bits per heavy atom. The van der Waals surface area contributed by atoms with Crippen LogP contribution in [0.5, 0.6) is 11.5 Å². The maximum atomic E-state index is 11.9. The van der Waals surface area contributed by atoms with Crippen molar-refractivity contribution in [3.63, 3.8) is 0 Å². The Morgan fingerprint density at radius 1 is 1.27 bits per heavy atom. The van der Waals surface area contributed by atoms with Crippen molar-refractivity contribution in [2.24, 2.45) is 0 Å². The van der Waals surface area contributed by atoms with Crippen LogP contribution in [0.25, 0.3) is 0 Å². The fraction of sp³-hybridized carbons (Fsp3) is 0.467. The van der Waals surface area contributed by atoms with E-state index >= 15 is 0 Å². The molecule has 122 valence electrons. The Kier molecular flexibility index (Phi) is 7.04. The van der Waals surface area contributed by atoms with Crippen molar-refractivity contribution >= 4 is 23.6 Å². The molecular weight excluding hydrogens is 306 g/mol. The van der Waals surface area contributed by atoms with E-state index in [4.69, 9.17) is 14.6 Å². The zero-order chi connectivity index (χ0) is 16.7. The number of carboxylic acids is 1. The van der Waals surface area contributed by atoms with Gasteiger partial charge in [-0.15, -0.1) is 11.8 Å². The van der Waals surface area contributed by atoms with Crippen LogP contribution < -0.4 is 9.47 Å². The molecule has 0 aliphatic heterocycles. The molecule has 0 aromatic heterocycles. The van der Waals surface area contributed by atoms with Crippen LogP contribution in [0.15, 0.2) is 23.1 Å². The van der Waals surface area contributed by atoms with Crippen molar-refractivity contribution < 1.29 is 24.2 Å². The van der Waals surface area contributed by atoms with Crippen molar-refractivity contribution in [1.82, 2.24) is 4.90 Å². The van der Waals surface area contributed by atoms with E-state index in [-0.39, 0.29) is 12.3 Å². The lowest BCUT2D eigenvalue weighted by molar-refractivity contribution is -0.148. The van der Waals surface area contributed by atoms with Gasteiger partial charge >= 0.3 is 5.97 Å². The average Bonchev–Trinajstić information content (AvgIpc) is 2.52. The molecule has 0 aliphatic carbocycles. The maximum absolute atomic E-state index is 11.9. The zero-order valence-corrected chi connectivity index (χ0v) is 14.0. The second kappa shape index (κ2) is 8.53. The predicted molar refractivity (Wildman–Crippen MR) is 84.8 cm³/mol. The molecule has 1 aromatic carbocycles. The summed E-state index contributed by atoms with van der Waals surface area (Å²) in [7, 11) is 4.64. The summed E-state index contributed by atoms with van der Waals surface area (Å²) in [5.41, 5.74) is 0. The quantitative estimate of drug-likeness (QED) is 0.737. The number of nitrogens with zero attached hydrogens (tertiary/aromatic N) is 1. The molecule has 0 heterocycles. The number of aliphatic carboxylic acids is 1. The summed E-state index contributed by atoms with van der Waals surface area (Å²) >= 11 is 1.50. The SMILES string of the molecule is COc1ccc(SCCC(=O)N(C)C(C)C(=O)O)cc1OC. The molecule has 0 spiro atoms. The highest BCUT2D eigenvalue weighted by Gasteiger charge is 2.21. The molecule has 1 amide bonds. The molecule has 22 heavy (non-hydrogen) atoms. The van der Waals surface area contributed by atoms with Crippen LogP contribution in [0.3, 0.4) is 0 Å². The molecule has 0 bridgehead atoms. The van der Waals surface area contributed by atoms with E-state index in [0.29, 0.717) is 17.3 Å². The van der Waals surface area contributed by atoms with Crippen molar-refractivity contribution in [2.45, 2.75) is 24.3 Å². The molecule has 0 radical (unpaired) electrons. The Morgan fingerprint density at radius 3 is 2.45 bits per heavy atom. The molecule has 1 N–H and O–H groups in total. The molecule has 1 rings (SSSR count). The second-order valence-electron chi connectivity index (χ2n) is 4.63. The van der Waals surface area contributed by atoms with E-state index in [1.54, 1.807) is 14.2 Å². The van der Waals surface area contributed by atoms with E-state index < -0.39 is 12.0 Å². The number of amides is 1. The minimum Gasteiger partial charge on any atom is -0.493 e. The second-order valence-corrected chi connectivity index (χ2v) is 5.80. The summed E-state index contributed by atoms with van der Waals surface area (Å²) in [5.74, 6) is 0.644. The predicted octanol–water partition coefficient (Wildman–Crippen LogP) is 2.12. The number of carbonyl (C=O) groups is 2. The highest BCUT2D eigenvalue weighted by molar-refractivity contribution is 7.99. The van der Waals surface area contributed by atoms with Gasteiger partial charge in [-0.05, 0) is 25.1 Å². The number of rotatable bonds is 8. The molecule has 1 atom stereocenters. The summed E-state index contributed by atoms with van der Waals surface area (Å²) in [6.07, 6.45) is 0.271. The van der Waals surface area contributed by atoms with Crippen molar-refractivity contribution in [3.8, 4) is 11.5 Å². The van der Waals surface area contributed by atoms with Gasteiger partial charge in [0, 0.05) is 24.1 Å². The van der Waals surface area contributed by atoms with Gasteiger partial charge in [-0.25, -0.2) is 4.79 Å². The van der Waals surface area contributed by atoms with Gasteiger partial charge in [0.05, 0.1) is 14.2 Å². The van der Waals surface area contributed by atoms with Gasteiger partial charge in [0.15, 0.2) is 11.5 Å². The minimum absolute atomic E-state index is 0.192. The molecule has 0 saturated carbocycles. The van der Waals surface area contributed by atoms with Crippen molar-refractivity contribution in [2.75, 3.05) is 27.0 Å². The van der Waals surface area contributed by atoms with E-state index in [2.05, 4.69) is 0 Å². The first-order chi connectivity index (χ1) is 10.4. The zero-order valence-electron chi connectivity index (χ0n) is 13.2. The van der Waals surface area contributed by atoms with Crippen LogP contribution in [0.1, 0.15) is 13.3 Å². The Balaban J connectivity index is 2.54. The molecule has 6 nitrogen and oxygen atoms in total. The van der Waals surface area contributed by atoms with Crippen molar-refractivity contribution in [3.05, 3.63) is 18.2 Å². The third kappa shape index (κ3) is 4.84. The smallest absolute Gasteiger partial charge is 0.326 e. The number of benzene rings is 1. The van der Waals surface area contributed by atoms with Gasteiger partial charge in [0.25, 0.3) is 0 Å². The largest absolute Gasteiger partial charge is 0.493 e. The fourth-order valence-corrected chi connectivity index (χ4v) is 2.59. The number of likely N-dealkylation sites (N-methyl/N-ethyl adjacent to an activating group) is 1. The van der Waals surface area contributed by atoms with E-state index in [0.717, 1.165) is 4.90 Å². The van der Waals surface area contributed by atoms with Crippen LogP contribution >= 0.6 is 11.8 Å². The van der Waals surface area contributed by atoms with Crippen LogP contribution in [0.2, 0.25) is 0 Å².